The monoisotopic (exact) mass is 338 g/mol. The Morgan fingerprint density at radius 3 is 2.61 bits per heavy atom. The van der Waals surface area contributed by atoms with Crippen molar-refractivity contribution >= 4 is 17.5 Å². The summed E-state index contributed by atoms with van der Waals surface area (Å²) in [5.74, 6) is 1.14. The first kappa shape index (κ1) is 15.8. The largest absolute Gasteiger partial charge is 0.417 e. The molecule has 0 fully saturated rings. The summed E-state index contributed by atoms with van der Waals surface area (Å²) in [5.41, 5.74) is 1.98. The lowest BCUT2D eigenvalue weighted by Crippen LogP contribution is -2.05. The highest BCUT2D eigenvalue weighted by Gasteiger charge is 2.30. The molecule has 0 N–H and O–H groups in total. The number of alkyl halides is 3. The van der Waals surface area contributed by atoms with Crippen molar-refractivity contribution in [3.63, 3.8) is 0 Å². The first-order valence-electron chi connectivity index (χ1n) is 6.81. The predicted molar refractivity (Wildman–Crippen MR) is 81.3 cm³/mol. The second-order valence-corrected chi connectivity index (χ2v) is 6.11. The number of hydrogen-bond donors (Lipinski definition) is 0. The summed E-state index contributed by atoms with van der Waals surface area (Å²) in [5, 5.41) is 0.524. The van der Waals surface area contributed by atoms with E-state index >= 15 is 0 Å². The molecule has 0 amide bonds. The van der Waals surface area contributed by atoms with Gasteiger partial charge in [0, 0.05) is 29.5 Å². The number of aromatic nitrogens is 4. The number of rotatable bonds is 3. The Hall–Kier alpha value is -2.09. The quantitative estimate of drug-likeness (QED) is 0.676. The van der Waals surface area contributed by atoms with Gasteiger partial charge in [-0.3, -0.25) is 4.40 Å². The molecule has 0 bridgehead atoms. The predicted octanol–water partition coefficient (Wildman–Crippen LogP) is 4.05. The topological polar surface area (TPSA) is 43.1 Å². The molecule has 3 aromatic rings. The lowest BCUT2D eigenvalue weighted by Gasteiger charge is -2.06. The second-order valence-electron chi connectivity index (χ2n) is 5.11. The van der Waals surface area contributed by atoms with E-state index in [1.165, 1.54) is 17.8 Å². The summed E-state index contributed by atoms with van der Waals surface area (Å²) in [4.78, 5) is 12.6. The number of aryl methyl sites for hydroxylation is 2. The summed E-state index contributed by atoms with van der Waals surface area (Å²) >= 11 is 1.34. The van der Waals surface area contributed by atoms with Gasteiger partial charge in [-0.05, 0) is 32.0 Å². The highest BCUT2D eigenvalue weighted by atomic mass is 32.2. The normalized spacial score (nSPS) is 12.0. The van der Waals surface area contributed by atoms with Gasteiger partial charge in [0.15, 0.2) is 0 Å². The minimum atomic E-state index is -4.36. The van der Waals surface area contributed by atoms with Gasteiger partial charge >= 0.3 is 6.18 Å². The molecular formula is C15H13F3N4S. The molecular weight excluding hydrogens is 325 g/mol. The van der Waals surface area contributed by atoms with Crippen molar-refractivity contribution in [1.29, 1.82) is 0 Å². The van der Waals surface area contributed by atoms with Crippen molar-refractivity contribution in [3.8, 4) is 0 Å². The Bertz CT molecular complexity index is 840. The number of halogens is 3. The molecule has 3 aromatic heterocycles. The number of imidazole rings is 1. The van der Waals surface area contributed by atoms with Gasteiger partial charge in [-0.2, -0.15) is 13.2 Å². The van der Waals surface area contributed by atoms with E-state index in [-0.39, 0.29) is 0 Å². The zero-order valence-electron chi connectivity index (χ0n) is 12.4. The van der Waals surface area contributed by atoms with Crippen molar-refractivity contribution < 1.29 is 13.2 Å². The summed E-state index contributed by atoms with van der Waals surface area (Å²) < 4.78 is 39.4. The van der Waals surface area contributed by atoms with Crippen LogP contribution in [0.2, 0.25) is 0 Å². The third-order valence-corrected chi connectivity index (χ3v) is 4.22. The van der Waals surface area contributed by atoms with Crippen LogP contribution in [0.25, 0.3) is 5.78 Å². The molecule has 0 radical (unpaired) electrons. The van der Waals surface area contributed by atoms with Gasteiger partial charge in [0.1, 0.15) is 0 Å². The van der Waals surface area contributed by atoms with Crippen LogP contribution >= 0.6 is 11.8 Å². The van der Waals surface area contributed by atoms with Crippen molar-refractivity contribution in [2.24, 2.45) is 0 Å². The summed E-state index contributed by atoms with van der Waals surface area (Å²) in [6.07, 6.45) is -1.63. The standard InChI is InChI=1S/C15H13F3N4S/c1-9-5-10(2)22-7-12(21-14(22)20-9)8-23-13-4-3-11(6-19-13)15(16,17)18/h3-7H,8H2,1-2H3. The number of pyridine rings is 1. The summed E-state index contributed by atoms with van der Waals surface area (Å²) in [6, 6.07) is 4.37. The van der Waals surface area contributed by atoms with Crippen LogP contribution in [0.15, 0.2) is 35.6 Å². The number of thioether (sulfide) groups is 1. The molecule has 0 atom stereocenters. The van der Waals surface area contributed by atoms with Crippen LogP contribution in [0.5, 0.6) is 0 Å². The Morgan fingerprint density at radius 1 is 1.17 bits per heavy atom. The molecule has 0 aliphatic heterocycles. The smallest absolute Gasteiger partial charge is 0.288 e. The Balaban J connectivity index is 1.74. The van der Waals surface area contributed by atoms with E-state index in [1.807, 2.05) is 30.5 Å². The molecule has 0 aromatic carbocycles. The molecule has 3 heterocycles. The van der Waals surface area contributed by atoms with E-state index in [9.17, 15) is 13.2 Å². The maximum absolute atomic E-state index is 12.5. The molecule has 120 valence electrons. The molecule has 4 nitrogen and oxygen atoms in total. The molecule has 0 aliphatic carbocycles. The molecule has 0 unspecified atom stereocenters. The van der Waals surface area contributed by atoms with E-state index in [1.54, 1.807) is 0 Å². The van der Waals surface area contributed by atoms with Gasteiger partial charge < -0.3 is 0 Å². The Morgan fingerprint density at radius 2 is 1.96 bits per heavy atom. The highest BCUT2D eigenvalue weighted by molar-refractivity contribution is 7.98. The van der Waals surface area contributed by atoms with Gasteiger partial charge in [0.05, 0.1) is 16.3 Å². The number of nitrogens with zero attached hydrogens (tertiary/aromatic N) is 4. The molecule has 0 spiro atoms. The van der Waals surface area contributed by atoms with Gasteiger partial charge in [-0.15, -0.1) is 0 Å². The minimum Gasteiger partial charge on any atom is -0.288 e. The maximum atomic E-state index is 12.5. The van der Waals surface area contributed by atoms with Crippen LogP contribution < -0.4 is 0 Å². The fraction of sp³-hybridized carbons (Fsp3) is 0.267. The summed E-state index contributed by atoms with van der Waals surface area (Å²) in [6.45, 7) is 3.87. The zero-order chi connectivity index (χ0) is 16.6. The summed E-state index contributed by atoms with van der Waals surface area (Å²) in [7, 11) is 0. The fourth-order valence-corrected chi connectivity index (χ4v) is 2.90. The highest BCUT2D eigenvalue weighted by Crippen LogP contribution is 2.30. The first-order chi connectivity index (χ1) is 10.8. The molecule has 0 aliphatic rings. The lowest BCUT2D eigenvalue weighted by atomic mass is 10.3. The zero-order valence-corrected chi connectivity index (χ0v) is 13.2. The van der Waals surface area contributed by atoms with Gasteiger partial charge in [-0.1, -0.05) is 11.8 Å². The van der Waals surface area contributed by atoms with Crippen molar-refractivity contribution in [1.82, 2.24) is 19.4 Å². The van der Waals surface area contributed by atoms with Crippen LogP contribution in [0.3, 0.4) is 0 Å². The maximum Gasteiger partial charge on any atom is 0.417 e. The van der Waals surface area contributed by atoms with Gasteiger partial charge in [0.25, 0.3) is 0 Å². The van der Waals surface area contributed by atoms with Crippen LogP contribution in [0.1, 0.15) is 22.6 Å². The molecule has 0 saturated carbocycles. The van der Waals surface area contributed by atoms with Crippen LogP contribution in [-0.2, 0) is 11.9 Å². The molecule has 8 heteroatoms. The van der Waals surface area contributed by atoms with Crippen molar-refractivity contribution in [2.45, 2.75) is 30.8 Å². The second kappa shape index (κ2) is 5.84. The lowest BCUT2D eigenvalue weighted by molar-refractivity contribution is -0.137. The number of fused-ring (bicyclic) bond motifs is 1. The number of hydrogen-bond acceptors (Lipinski definition) is 4. The van der Waals surface area contributed by atoms with Crippen LogP contribution in [0, 0.1) is 13.8 Å². The minimum absolute atomic E-state index is 0.514. The van der Waals surface area contributed by atoms with E-state index < -0.39 is 11.7 Å². The third-order valence-electron chi connectivity index (χ3n) is 3.24. The average Bonchev–Trinajstić information content (AvgIpc) is 2.88. The van der Waals surface area contributed by atoms with Crippen molar-refractivity contribution in [2.75, 3.05) is 0 Å². The first-order valence-corrected chi connectivity index (χ1v) is 7.80. The SMILES string of the molecule is Cc1cc(C)n2cc(CSc3ccc(C(F)(F)F)cn3)nc2n1. The van der Waals surface area contributed by atoms with Gasteiger partial charge in [-0.25, -0.2) is 15.0 Å². The van der Waals surface area contributed by atoms with Crippen LogP contribution in [0.4, 0.5) is 13.2 Å². The average molecular weight is 338 g/mol. The molecule has 3 rings (SSSR count). The molecule has 23 heavy (non-hydrogen) atoms. The molecule has 0 saturated heterocycles. The van der Waals surface area contributed by atoms with Gasteiger partial charge in [0.2, 0.25) is 5.78 Å². The van der Waals surface area contributed by atoms with Crippen molar-refractivity contribution in [3.05, 3.63) is 53.2 Å². The van der Waals surface area contributed by atoms with E-state index in [0.717, 1.165) is 29.3 Å². The van der Waals surface area contributed by atoms with Crippen LogP contribution in [-0.4, -0.2) is 19.4 Å². The van der Waals surface area contributed by atoms with E-state index in [4.69, 9.17) is 0 Å². The Kier molecular flexibility index (Phi) is 4.01. The Labute approximate surface area is 134 Å². The third kappa shape index (κ3) is 3.47. The fourth-order valence-electron chi connectivity index (χ4n) is 2.17. The van der Waals surface area contributed by atoms with E-state index in [0.29, 0.717) is 16.6 Å². The van der Waals surface area contributed by atoms with E-state index in [2.05, 4.69) is 15.0 Å².